The van der Waals surface area contributed by atoms with Gasteiger partial charge in [-0.2, -0.15) is 0 Å². The summed E-state index contributed by atoms with van der Waals surface area (Å²) in [5.74, 6) is -0.399. The first-order chi connectivity index (χ1) is 6.76. The Kier molecular flexibility index (Phi) is 3.61. The van der Waals surface area contributed by atoms with Crippen molar-refractivity contribution in [2.24, 2.45) is 0 Å². The summed E-state index contributed by atoms with van der Waals surface area (Å²) < 4.78 is 4.43. The fourth-order valence-corrected chi connectivity index (χ4v) is 0.918. The van der Waals surface area contributed by atoms with Gasteiger partial charge in [0.2, 0.25) is 0 Å². The number of benzene rings is 1. The summed E-state index contributed by atoms with van der Waals surface area (Å²) in [7, 11) is 1.32. The summed E-state index contributed by atoms with van der Waals surface area (Å²) in [6.07, 6.45) is 3.73. The molecule has 0 aromatic heterocycles. The van der Waals surface area contributed by atoms with E-state index in [0.29, 0.717) is 5.56 Å². The van der Waals surface area contributed by atoms with Crippen molar-refractivity contribution in [1.29, 1.82) is 0 Å². The predicted octanol–water partition coefficient (Wildman–Crippen LogP) is 1.69. The molecule has 1 aromatic rings. The van der Waals surface area contributed by atoms with Gasteiger partial charge in [0.1, 0.15) is 6.29 Å². The Morgan fingerprint density at radius 1 is 1.21 bits per heavy atom. The molecule has 0 aliphatic heterocycles. The molecule has 0 atom stereocenters. The normalized spacial score (nSPS) is 10.1. The highest BCUT2D eigenvalue weighted by Crippen LogP contribution is 2.04. The summed E-state index contributed by atoms with van der Waals surface area (Å²) in [5.41, 5.74) is 1.46. The molecule has 0 fully saturated rings. The molecule has 0 saturated carbocycles. The molecular weight excluding hydrogens is 180 g/mol. The minimum atomic E-state index is -0.399. The third-order valence-corrected chi connectivity index (χ3v) is 1.69. The molecule has 1 aromatic carbocycles. The van der Waals surface area contributed by atoms with Crippen LogP contribution in [0.3, 0.4) is 0 Å². The van der Waals surface area contributed by atoms with E-state index in [0.717, 1.165) is 11.8 Å². The maximum absolute atomic E-state index is 10.7. The van der Waals surface area contributed by atoms with Gasteiger partial charge in [0, 0.05) is 11.6 Å². The van der Waals surface area contributed by atoms with Crippen molar-refractivity contribution >= 4 is 18.3 Å². The molecule has 14 heavy (non-hydrogen) atoms. The van der Waals surface area contributed by atoms with Crippen molar-refractivity contribution in [3.05, 3.63) is 41.5 Å². The highest BCUT2D eigenvalue weighted by Gasteiger charge is 1.92. The van der Waals surface area contributed by atoms with Gasteiger partial charge in [-0.25, -0.2) is 4.79 Å². The van der Waals surface area contributed by atoms with Crippen molar-refractivity contribution in [3.8, 4) is 0 Å². The number of hydrogen-bond acceptors (Lipinski definition) is 3. The van der Waals surface area contributed by atoms with Crippen LogP contribution >= 0.6 is 0 Å². The molecule has 1 rings (SSSR count). The number of aldehydes is 1. The zero-order valence-electron chi connectivity index (χ0n) is 7.77. The standard InChI is InChI=1S/C11H10O3/c1-14-11(13)7-6-9-2-4-10(8-12)5-3-9/h2-8H,1H3/b7-6-. The van der Waals surface area contributed by atoms with Crippen molar-refractivity contribution in [2.45, 2.75) is 0 Å². The summed E-state index contributed by atoms with van der Waals surface area (Å²) in [6.45, 7) is 0. The van der Waals surface area contributed by atoms with E-state index in [4.69, 9.17) is 0 Å². The van der Waals surface area contributed by atoms with E-state index in [-0.39, 0.29) is 0 Å². The Morgan fingerprint density at radius 3 is 2.29 bits per heavy atom. The largest absolute Gasteiger partial charge is 0.466 e. The smallest absolute Gasteiger partial charge is 0.330 e. The maximum Gasteiger partial charge on any atom is 0.330 e. The number of carbonyl (C=O) groups is 2. The lowest BCUT2D eigenvalue weighted by molar-refractivity contribution is -0.134. The average molecular weight is 190 g/mol. The second-order valence-electron chi connectivity index (χ2n) is 2.64. The zero-order valence-corrected chi connectivity index (χ0v) is 7.77. The third-order valence-electron chi connectivity index (χ3n) is 1.69. The Labute approximate surface area is 82.0 Å². The van der Waals surface area contributed by atoms with Crippen LogP contribution < -0.4 is 0 Å². The first-order valence-electron chi connectivity index (χ1n) is 4.07. The van der Waals surface area contributed by atoms with E-state index >= 15 is 0 Å². The topological polar surface area (TPSA) is 43.4 Å². The van der Waals surface area contributed by atoms with Crippen LogP contribution in [0.5, 0.6) is 0 Å². The van der Waals surface area contributed by atoms with Crippen LogP contribution in [0.1, 0.15) is 15.9 Å². The van der Waals surface area contributed by atoms with E-state index in [1.54, 1.807) is 30.3 Å². The number of esters is 1. The number of methoxy groups -OCH3 is 1. The van der Waals surface area contributed by atoms with Crippen molar-refractivity contribution in [3.63, 3.8) is 0 Å². The molecular formula is C11H10O3. The van der Waals surface area contributed by atoms with Gasteiger partial charge in [-0.15, -0.1) is 0 Å². The highest BCUT2D eigenvalue weighted by atomic mass is 16.5. The molecule has 0 N–H and O–H groups in total. The van der Waals surface area contributed by atoms with Crippen LogP contribution in [0.15, 0.2) is 30.3 Å². The van der Waals surface area contributed by atoms with Gasteiger partial charge in [0.15, 0.2) is 0 Å². The van der Waals surface area contributed by atoms with Crippen molar-refractivity contribution in [2.75, 3.05) is 7.11 Å². The second kappa shape index (κ2) is 4.97. The molecule has 0 saturated heterocycles. The van der Waals surface area contributed by atoms with Gasteiger partial charge in [0.25, 0.3) is 0 Å². The van der Waals surface area contributed by atoms with Gasteiger partial charge in [0.05, 0.1) is 7.11 Å². The molecule has 72 valence electrons. The van der Waals surface area contributed by atoms with Crippen molar-refractivity contribution < 1.29 is 14.3 Å². The molecule has 0 spiro atoms. The molecule has 0 radical (unpaired) electrons. The van der Waals surface area contributed by atoms with E-state index in [1.165, 1.54) is 13.2 Å². The Bertz CT molecular complexity index is 349. The maximum atomic E-state index is 10.7. The molecule has 0 unspecified atom stereocenters. The molecule has 0 bridgehead atoms. The Morgan fingerprint density at radius 2 is 1.79 bits per heavy atom. The summed E-state index contributed by atoms with van der Waals surface area (Å²) >= 11 is 0. The molecule has 0 amide bonds. The lowest BCUT2D eigenvalue weighted by Crippen LogP contribution is -1.93. The van der Waals surface area contributed by atoms with Crippen LogP contribution in [0.2, 0.25) is 0 Å². The molecule has 3 nitrogen and oxygen atoms in total. The fourth-order valence-electron chi connectivity index (χ4n) is 0.918. The van der Waals surface area contributed by atoms with Gasteiger partial charge in [-0.05, 0) is 11.6 Å². The molecule has 0 heterocycles. The Hall–Kier alpha value is -1.90. The molecule has 0 aliphatic carbocycles. The SMILES string of the molecule is COC(=O)/C=C\c1ccc(C=O)cc1. The first kappa shape index (κ1) is 10.2. The predicted molar refractivity (Wildman–Crippen MR) is 52.9 cm³/mol. The van der Waals surface area contributed by atoms with Gasteiger partial charge >= 0.3 is 5.97 Å². The van der Waals surface area contributed by atoms with Gasteiger partial charge in [-0.3, -0.25) is 4.79 Å². The third kappa shape index (κ3) is 2.86. The van der Waals surface area contributed by atoms with Gasteiger partial charge in [-0.1, -0.05) is 24.3 Å². The van der Waals surface area contributed by atoms with Crippen LogP contribution in [0.25, 0.3) is 6.08 Å². The average Bonchev–Trinajstić information content (AvgIpc) is 2.26. The zero-order chi connectivity index (χ0) is 10.4. The number of rotatable bonds is 3. The monoisotopic (exact) mass is 190 g/mol. The van der Waals surface area contributed by atoms with E-state index < -0.39 is 5.97 Å². The quantitative estimate of drug-likeness (QED) is 0.414. The minimum absolute atomic E-state index is 0.399. The Balaban J connectivity index is 2.73. The lowest BCUT2D eigenvalue weighted by atomic mass is 10.1. The van der Waals surface area contributed by atoms with E-state index in [9.17, 15) is 9.59 Å². The van der Waals surface area contributed by atoms with Gasteiger partial charge < -0.3 is 4.74 Å². The fraction of sp³-hybridized carbons (Fsp3) is 0.0909. The first-order valence-corrected chi connectivity index (χ1v) is 4.07. The number of hydrogen-bond donors (Lipinski definition) is 0. The summed E-state index contributed by atoms with van der Waals surface area (Å²) in [5, 5.41) is 0. The molecule has 0 aliphatic rings. The minimum Gasteiger partial charge on any atom is -0.466 e. The van der Waals surface area contributed by atoms with E-state index in [1.807, 2.05) is 0 Å². The number of ether oxygens (including phenoxy) is 1. The van der Waals surface area contributed by atoms with Crippen LogP contribution in [-0.4, -0.2) is 19.4 Å². The van der Waals surface area contributed by atoms with Crippen LogP contribution in [0.4, 0.5) is 0 Å². The van der Waals surface area contributed by atoms with Crippen LogP contribution in [0, 0.1) is 0 Å². The molecule has 3 heteroatoms. The summed E-state index contributed by atoms with van der Waals surface area (Å²) in [4.78, 5) is 21.1. The second-order valence-corrected chi connectivity index (χ2v) is 2.64. The summed E-state index contributed by atoms with van der Waals surface area (Å²) in [6, 6.07) is 6.88. The number of carbonyl (C=O) groups excluding carboxylic acids is 2. The highest BCUT2D eigenvalue weighted by molar-refractivity contribution is 5.87. The van der Waals surface area contributed by atoms with Crippen LogP contribution in [-0.2, 0) is 9.53 Å². The lowest BCUT2D eigenvalue weighted by Gasteiger charge is -1.93. The van der Waals surface area contributed by atoms with Crippen molar-refractivity contribution in [1.82, 2.24) is 0 Å². The van der Waals surface area contributed by atoms with E-state index in [2.05, 4.69) is 4.74 Å².